The molecule has 0 aliphatic heterocycles. The van der Waals surface area contributed by atoms with E-state index in [0.29, 0.717) is 17.1 Å². The van der Waals surface area contributed by atoms with Crippen molar-refractivity contribution >= 4 is 23.0 Å². The average Bonchev–Trinajstić information content (AvgIpc) is 2.41. The van der Waals surface area contributed by atoms with Crippen LogP contribution in [0, 0.1) is 5.82 Å². The molecular weight excluding hydrogens is 257 g/mol. The summed E-state index contributed by atoms with van der Waals surface area (Å²) in [5.74, 6) is -0.615. The minimum Gasteiger partial charge on any atom is -0.397 e. The highest BCUT2D eigenvalue weighted by atomic mass is 19.1. The lowest BCUT2D eigenvalue weighted by molar-refractivity contribution is -0.114. The fourth-order valence-electron chi connectivity index (χ4n) is 1.86. The summed E-state index contributed by atoms with van der Waals surface area (Å²) >= 11 is 0. The van der Waals surface area contributed by atoms with E-state index in [1.807, 2.05) is 0 Å². The fourth-order valence-corrected chi connectivity index (χ4v) is 1.86. The Bertz CT molecular complexity index is 616. The van der Waals surface area contributed by atoms with Crippen molar-refractivity contribution in [2.24, 2.45) is 0 Å². The van der Waals surface area contributed by atoms with Gasteiger partial charge in [0.1, 0.15) is 5.82 Å². The van der Waals surface area contributed by atoms with Crippen LogP contribution >= 0.6 is 0 Å². The average molecular weight is 273 g/mol. The lowest BCUT2D eigenvalue weighted by atomic mass is 10.2. The van der Waals surface area contributed by atoms with E-state index in [4.69, 9.17) is 5.73 Å². The summed E-state index contributed by atoms with van der Waals surface area (Å²) in [7, 11) is 1.66. The molecule has 0 heterocycles. The van der Waals surface area contributed by atoms with E-state index in [0.717, 1.165) is 0 Å². The summed E-state index contributed by atoms with van der Waals surface area (Å²) in [6.07, 6.45) is 0. The van der Waals surface area contributed by atoms with Crippen molar-refractivity contribution in [1.82, 2.24) is 0 Å². The summed E-state index contributed by atoms with van der Waals surface area (Å²) < 4.78 is 13.6. The van der Waals surface area contributed by atoms with E-state index in [-0.39, 0.29) is 18.3 Å². The molecule has 0 aliphatic carbocycles. The molecular formula is C15H16FN3O. The zero-order valence-corrected chi connectivity index (χ0v) is 11.1. The molecule has 104 valence electrons. The maximum absolute atomic E-state index is 13.6. The van der Waals surface area contributed by atoms with E-state index in [2.05, 4.69) is 5.32 Å². The Morgan fingerprint density at radius 3 is 2.55 bits per heavy atom. The summed E-state index contributed by atoms with van der Waals surface area (Å²) in [4.78, 5) is 13.5. The van der Waals surface area contributed by atoms with Gasteiger partial charge in [0.05, 0.1) is 23.6 Å². The van der Waals surface area contributed by atoms with Crippen molar-refractivity contribution in [3.8, 4) is 0 Å². The Morgan fingerprint density at radius 2 is 1.85 bits per heavy atom. The van der Waals surface area contributed by atoms with E-state index in [1.165, 1.54) is 6.07 Å². The Labute approximate surface area is 117 Å². The Morgan fingerprint density at radius 1 is 1.20 bits per heavy atom. The Hall–Kier alpha value is -2.56. The quantitative estimate of drug-likeness (QED) is 0.841. The molecule has 0 atom stereocenters. The number of anilines is 3. The number of carbonyl (C=O) groups is 1. The molecule has 1 amide bonds. The first-order valence-corrected chi connectivity index (χ1v) is 6.18. The third kappa shape index (κ3) is 3.26. The third-order valence-electron chi connectivity index (χ3n) is 2.88. The van der Waals surface area contributed by atoms with Gasteiger partial charge in [0.15, 0.2) is 0 Å². The van der Waals surface area contributed by atoms with Gasteiger partial charge in [0.25, 0.3) is 0 Å². The van der Waals surface area contributed by atoms with Crippen LogP contribution < -0.4 is 16.0 Å². The maximum atomic E-state index is 13.6. The van der Waals surface area contributed by atoms with Gasteiger partial charge < -0.3 is 16.0 Å². The van der Waals surface area contributed by atoms with Gasteiger partial charge >= 0.3 is 0 Å². The molecule has 0 unspecified atom stereocenters. The molecule has 4 nitrogen and oxygen atoms in total. The molecule has 0 aliphatic rings. The number of halogens is 1. The number of amides is 1. The number of carbonyl (C=O) groups excluding carboxylic acids is 1. The maximum Gasteiger partial charge on any atom is 0.243 e. The van der Waals surface area contributed by atoms with Gasteiger partial charge in [-0.3, -0.25) is 4.79 Å². The van der Waals surface area contributed by atoms with Crippen molar-refractivity contribution < 1.29 is 9.18 Å². The topological polar surface area (TPSA) is 58.4 Å². The van der Waals surface area contributed by atoms with E-state index in [1.54, 1.807) is 54.4 Å². The van der Waals surface area contributed by atoms with Crippen LogP contribution in [0.3, 0.4) is 0 Å². The smallest absolute Gasteiger partial charge is 0.243 e. The van der Waals surface area contributed by atoms with E-state index in [9.17, 15) is 9.18 Å². The van der Waals surface area contributed by atoms with Crippen molar-refractivity contribution in [2.75, 3.05) is 29.5 Å². The number of hydrogen-bond acceptors (Lipinski definition) is 3. The van der Waals surface area contributed by atoms with Crippen molar-refractivity contribution in [2.45, 2.75) is 0 Å². The van der Waals surface area contributed by atoms with Crippen LogP contribution in [0.25, 0.3) is 0 Å². The largest absolute Gasteiger partial charge is 0.397 e. The Kier molecular flexibility index (Phi) is 4.20. The van der Waals surface area contributed by atoms with Crippen LogP contribution in [-0.4, -0.2) is 19.5 Å². The molecule has 2 rings (SSSR count). The van der Waals surface area contributed by atoms with Crippen LogP contribution in [0.4, 0.5) is 21.5 Å². The highest BCUT2D eigenvalue weighted by Crippen LogP contribution is 2.18. The standard InChI is InChI=1S/C15H16FN3O/c1-19(14-9-5-2-6-11(14)16)10-15(20)18-13-8-4-3-7-12(13)17/h2-9H,10,17H2,1H3,(H,18,20). The summed E-state index contributed by atoms with van der Waals surface area (Å²) in [6.45, 7) is 0.0370. The molecule has 0 fully saturated rings. The molecule has 0 saturated carbocycles. The molecule has 2 aromatic carbocycles. The summed E-state index contributed by atoms with van der Waals surface area (Å²) in [5.41, 5.74) is 7.17. The van der Waals surface area contributed by atoms with Gasteiger partial charge in [0, 0.05) is 7.05 Å². The SMILES string of the molecule is CN(CC(=O)Nc1ccccc1N)c1ccccc1F. The number of nitrogens with one attached hydrogen (secondary N) is 1. The van der Waals surface area contributed by atoms with Gasteiger partial charge in [0.2, 0.25) is 5.91 Å². The number of hydrogen-bond donors (Lipinski definition) is 2. The van der Waals surface area contributed by atoms with Gasteiger partial charge in [-0.1, -0.05) is 24.3 Å². The molecule has 0 bridgehead atoms. The second kappa shape index (κ2) is 6.06. The number of nitrogens with zero attached hydrogens (tertiary/aromatic N) is 1. The summed E-state index contributed by atoms with van der Waals surface area (Å²) in [6, 6.07) is 13.3. The predicted octanol–water partition coefficient (Wildman–Crippen LogP) is 2.48. The molecule has 20 heavy (non-hydrogen) atoms. The molecule has 2 aromatic rings. The molecule has 0 radical (unpaired) electrons. The fraction of sp³-hybridized carbons (Fsp3) is 0.133. The lowest BCUT2D eigenvalue weighted by Crippen LogP contribution is -2.30. The number of rotatable bonds is 4. The normalized spacial score (nSPS) is 10.1. The minimum atomic E-state index is -0.359. The second-order valence-corrected chi connectivity index (χ2v) is 4.44. The Balaban J connectivity index is 2.02. The first-order valence-electron chi connectivity index (χ1n) is 6.18. The number of para-hydroxylation sites is 3. The first kappa shape index (κ1) is 13.9. The summed E-state index contributed by atoms with van der Waals surface area (Å²) in [5, 5.41) is 2.70. The van der Waals surface area contributed by atoms with Gasteiger partial charge in [-0.05, 0) is 24.3 Å². The predicted molar refractivity (Wildman–Crippen MR) is 79.2 cm³/mol. The number of likely N-dealkylation sites (N-methyl/N-ethyl adjacent to an activating group) is 1. The van der Waals surface area contributed by atoms with Crippen LogP contribution in [0.2, 0.25) is 0 Å². The van der Waals surface area contributed by atoms with Crippen molar-refractivity contribution in [3.63, 3.8) is 0 Å². The number of nitrogens with two attached hydrogens (primary N) is 1. The van der Waals surface area contributed by atoms with Gasteiger partial charge in [-0.2, -0.15) is 0 Å². The van der Waals surface area contributed by atoms with Crippen LogP contribution in [-0.2, 0) is 4.79 Å². The molecule has 5 heteroatoms. The second-order valence-electron chi connectivity index (χ2n) is 4.44. The number of nitrogen functional groups attached to an aromatic ring is 1. The zero-order chi connectivity index (χ0) is 14.5. The highest BCUT2D eigenvalue weighted by molar-refractivity contribution is 5.96. The lowest BCUT2D eigenvalue weighted by Gasteiger charge is -2.19. The molecule has 3 N–H and O–H groups in total. The van der Waals surface area contributed by atoms with Crippen LogP contribution in [0.15, 0.2) is 48.5 Å². The molecule has 0 spiro atoms. The third-order valence-corrected chi connectivity index (χ3v) is 2.88. The minimum absolute atomic E-state index is 0.0370. The van der Waals surface area contributed by atoms with Crippen LogP contribution in [0.5, 0.6) is 0 Å². The monoisotopic (exact) mass is 273 g/mol. The van der Waals surface area contributed by atoms with E-state index < -0.39 is 0 Å². The van der Waals surface area contributed by atoms with Crippen molar-refractivity contribution in [3.05, 3.63) is 54.3 Å². The zero-order valence-electron chi connectivity index (χ0n) is 11.1. The molecule has 0 saturated heterocycles. The van der Waals surface area contributed by atoms with E-state index >= 15 is 0 Å². The molecule has 0 aromatic heterocycles. The highest BCUT2D eigenvalue weighted by Gasteiger charge is 2.11. The first-order chi connectivity index (χ1) is 9.58. The van der Waals surface area contributed by atoms with Crippen LogP contribution in [0.1, 0.15) is 0 Å². The van der Waals surface area contributed by atoms with Gasteiger partial charge in [-0.15, -0.1) is 0 Å². The van der Waals surface area contributed by atoms with Crippen molar-refractivity contribution in [1.29, 1.82) is 0 Å². The van der Waals surface area contributed by atoms with Gasteiger partial charge in [-0.25, -0.2) is 4.39 Å². The number of benzene rings is 2.